The zero-order chi connectivity index (χ0) is 28.4. The maximum absolute atomic E-state index is 3.78. The van der Waals surface area contributed by atoms with Gasteiger partial charge in [-0.25, -0.2) is 0 Å². The molecule has 0 fully saturated rings. The summed E-state index contributed by atoms with van der Waals surface area (Å²) in [7, 11) is -1.34. The zero-order valence-electron chi connectivity index (χ0n) is 24.5. The minimum atomic E-state index is -1.34. The largest absolute Gasteiger partial charge is 0.355 e. The van der Waals surface area contributed by atoms with Crippen LogP contribution in [0.25, 0.3) is 32.7 Å². The Hall–Kier alpha value is -4.34. The van der Waals surface area contributed by atoms with Gasteiger partial charge in [0.15, 0.2) is 0 Å². The van der Waals surface area contributed by atoms with Gasteiger partial charge in [-0.2, -0.15) is 0 Å². The summed E-state index contributed by atoms with van der Waals surface area (Å²) < 4.78 is 0. The number of nitrogens with one attached hydrogen (secondary N) is 2. The van der Waals surface area contributed by atoms with E-state index in [0.717, 1.165) is 22.7 Å². The predicted octanol–water partition coefficient (Wildman–Crippen LogP) is 10.3. The van der Waals surface area contributed by atoms with E-state index >= 15 is 0 Å². The summed E-state index contributed by atoms with van der Waals surface area (Å²) in [4.78, 5) is 0. The Kier molecular flexibility index (Phi) is 5.84. The third kappa shape index (κ3) is 4.32. The first-order chi connectivity index (χ1) is 19.7. The van der Waals surface area contributed by atoms with E-state index in [9.17, 15) is 0 Å². The van der Waals surface area contributed by atoms with Gasteiger partial charge in [-0.3, -0.25) is 0 Å². The molecule has 0 saturated heterocycles. The molecule has 0 aliphatic heterocycles. The van der Waals surface area contributed by atoms with Crippen molar-refractivity contribution in [1.82, 2.24) is 0 Å². The molecule has 1 aliphatic carbocycles. The van der Waals surface area contributed by atoms with E-state index in [1.165, 1.54) is 49.0 Å². The predicted molar refractivity (Wildman–Crippen MR) is 181 cm³/mol. The highest BCUT2D eigenvalue weighted by Gasteiger charge is 2.37. The first kappa shape index (κ1) is 25.6. The van der Waals surface area contributed by atoms with Gasteiger partial charge in [-0.05, 0) is 69.4 Å². The molecular formula is C38H36N2Si. The second-order valence-corrected chi connectivity index (χ2v) is 18.0. The van der Waals surface area contributed by atoms with Gasteiger partial charge in [0, 0.05) is 38.9 Å². The molecule has 0 saturated carbocycles. The molecule has 1 aliphatic rings. The second-order valence-electron chi connectivity index (χ2n) is 12.9. The van der Waals surface area contributed by atoms with Crippen LogP contribution >= 0.6 is 0 Å². The minimum absolute atomic E-state index is 0.136. The van der Waals surface area contributed by atoms with Crippen molar-refractivity contribution in [1.29, 1.82) is 0 Å². The molecule has 0 heterocycles. The molecule has 0 atom stereocenters. The Labute approximate surface area is 244 Å². The molecule has 0 amide bonds. The van der Waals surface area contributed by atoms with E-state index in [0.29, 0.717) is 0 Å². The Bertz CT molecular complexity index is 1940. The Morgan fingerprint density at radius 1 is 0.537 bits per heavy atom. The average Bonchev–Trinajstić information content (AvgIpc) is 3.19. The summed E-state index contributed by atoms with van der Waals surface area (Å²) in [6.07, 6.45) is 0. The van der Waals surface area contributed by atoms with E-state index in [2.05, 4.69) is 159 Å². The molecule has 2 N–H and O–H groups in total. The Morgan fingerprint density at radius 3 is 1.93 bits per heavy atom. The fourth-order valence-electron chi connectivity index (χ4n) is 6.46. The molecule has 6 aromatic rings. The number of anilines is 4. The molecule has 0 spiro atoms. The van der Waals surface area contributed by atoms with Gasteiger partial charge in [-0.1, -0.05) is 118 Å². The quantitative estimate of drug-likeness (QED) is 0.209. The van der Waals surface area contributed by atoms with Gasteiger partial charge in [0.2, 0.25) is 0 Å². The average molecular weight is 549 g/mol. The summed E-state index contributed by atoms with van der Waals surface area (Å²) >= 11 is 0. The van der Waals surface area contributed by atoms with Crippen LogP contribution in [0.15, 0.2) is 115 Å². The highest BCUT2D eigenvalue weighted by molar-refractivity contribution is 6.88. The van der Waals surface area contributed by atoms with Crippen LogP contribution in [0.2, 0.25) is 19.6 Å². The summed E-state index contributed by atoms with van der Waals surface area (Å²) in [6, 6.07) is 42.2. The van der Waals surface area contributed by atoms with Crippen LogP contribution in [0.4, 0.5) is 22.7 Å². The van der Waals surface area contributed by atoms with Crippen molar-refractivity contribution in [3.63, 3.8) is 0 Å². The van der Waals surface area contributed by atoms with E-state index in [4.69, 9.17) is 0 Å². The van der Waals surface area contributed by atoms with Crippen LogP contribution in [0.5, 0.6) is 0 Å². The maximum atomic E-state index is 3.78. The summed E-state index contributed by atoms with van der Waals surface area (Å²) in [5.41, 5.74) is 9.83. The number of hydrogen-bond acceptors (Lipinski definition) is 2. The van der Waals surface area contributed by atoms with Crippen molar-refractivity contribution in [2.24, 2.45) is 0 Å². The molecule has 0 unspecified atom stereocenters. The first-order valence-electron chi connectivity index (χ1n) is 14.5. The lowest BCUT2D eigenvalue weighted by molar-refractivity contribution is 0.661. The Balaban J connectivity index is 1.31. The third-order valence-electron chi connectivity index (χ3n) is 8.78. The first-order valence-corrected chi connectivity index (χ1v) is 18.0. The molecular weight excluding hydrogens is 513 g/mol. The topological polar surface area (TPSA) is 24.1 Å². The van der Waals surface area contributed by atoms with Gasteiger partial charge >= 0.3 is 0 Å². The minimum Gasteiger partial charge on any atom is -0.355 e. The van der Waals surface area contributed by atoms with Gasteiger partial charge in [0.05, 0.1) is 8.07 Å². The van der Waals surface area contributed by atoms with E-state index in [1.807, 2.05) is 0 Å². The molecule has 7 rings (SSSR count). The highest BCUT2D eigenvalue weighted by Crippen LogP contribution is 2.53. The van der Waals surface area contributed by atoms with Crippen LogP contribution < -0.4 is 15.8 Å². The molecule has 0 radical (unpaired) electrons. The monoisotopic (exact) mass is 548 g/mol. The fraction of sp³-hybridized carbons (Fsp3) is 0.158. The van der Waals surface area contributed by atoms with E-state index in [1.54, 1.807) is 0 Å². The normalized spacial score (nSPS) is 13.7. The number of hydrogen-bond donors (Lipinski definition) is 2. The van der Waals surface area contributed by atoms with Crippen LogP contribution in [0.3, 0.4) is 0 Å². The lowest BCUT2D eigenvalue weighted by Crippen LogP contribution is -2.37. The second kappa shape index (κ2) is 9.36. The van der Waals surface area contributed by atoms with Gasteiger partial charge < -0.3 is 10.6 Å². The SMILES string of the molecule is CC1(C)c2cc(Nc3cccc4ccccc34)ccc2-c2c1cc(Nc1ccc([Si](C)(C)C)cc1)c1ccccc21. The van der Waals surface area contributed by atoms with Gasteiger partial charge in [-0.15, -0.1) is 0 Å². The number of rotatable bonds is 5. The van der Waals surface area contributed by atoms with Gasteiger partial charge in [0.25, 0.3) is 0 Å². The van der Waals surface area contributed by atoms with Crippen LogP contribution in [-0.2, 0) is 5.41 Å². The van der Waals surface area contributed by atoms with Crippen LogP contribution in [0.1, 0.15) is 25.0 Å². The van der Waals surface area contributed by atoms with Crippen molar-refractivity contribution in [2.75, 3.05) is 10.6 Å². The number of fused-ring (bicyclic) bond motifs is 6. The Morgan fingerprint density at radius 2 is 1.17 bits per heavy atom. The molecule has 0 bridgehead atoms. The lowest BCUT2D eigenvalue weighted by Gasteiger charge is -2.24. The van der Waals surface area contributed by atoms with Crippen molar-refractivity contribution in [2.45, 2.75) is 38.9 Å². The smallest absolute Gasteiger partial charge is 0.0775 e. The summed E-state index contributed by atoms with van der Waals surface area (Å²) in [5.74, 6) is 0. The number of benzene rings is 6. The fourth-order valence-corrected chi connectivity index (χ4v) is 7.63. The van der Waals surface area contributed by atoms with Crippen molar-refractivity contribution < 1.29 is 0 Å². The molecule has 41 heavy (non-hydrogen) atoms. The summed E-state index contributed by atoms with van der Waals surface area (Å²) in [5, 5.41) is 14.0. The maximum Gasteiger partial charge on any atom is 0.0775 e. The van der Waals surface area contributed by atoms with Crippen molar-refractivity contribution >= 4 is 57.6 Å². The van der Waals surface area contributed by atoms with Gasteiger partial charge in [0.1, 0.15) is 0 Å². The molecule has 202 valence electrons. The standard InChI is InChI=1S/C38H36N2Si/c1-38(2)33-23-27(40-35-16-10-12-25-11-6-7-13-29(25)35)19-22-32(33)37-31-15-9-8-14-30(31)36(24-34(37)38)39-26-17-20-28(21-18-26)41(3,4)5/h6-24,39-40H,1-5H3. The van der Waals surface area contributed by atoms with Crippen LogP contribution in [0, 0.1) is 0 Å². The molecule has 3 heteroatoms. The summed E-state index contributed by atoms with van der Waals surface area (Å²) in [6.45, 7) is 11.9. The molecule has 6 aromatic carbocycles. The lowest BCUT2D eigenvalue weighted by atomic mass is 9.81. The van der Waals surface area contributed by atoms with Crippen LogP contribution in [-0.4, -0.2) is 8.07 Å². The molecule has 2 nitrogen and oxygen atoms in total. The zero-order valence-corrected chi connectivity index (χ0v) is 25.5. The van der Waals surface area contributed by atoms with E-state index < -0.39 is 8.07 Å². The van der Waals surface area contributed by atoms with Crippen molar-refractivity contribution in [3.8, 4) is 11.1 Å². The third-order valence-corrected chi connectivity index (χ3v) is 10.8. The highest BCUT2D eigenvalue weighted by atomic mass is 28.3. The van der Waals surface area contributed by atoms with Crippen molar-refractivity contribution in [3.05, 3.63) is 126 Å². The molecule has 0 aromatic heterocycles. The van der Waals surface area contributed by atoms with E-state index in [-0.39, 0.29) is 5.41 Å².